The number of aromatic nitrogens is 3. The van der Waals surface area contributed by atoms with Crippen LogP contribution < -0.4 is 18.9 Å². The van der Waals surface area contributed by atoms with Crippen molar-refractivity contribution in [3.63, 3.8) is 0 Å². The van der Waals surface area contributed by atoms with Crippen LogP contribution in [-0.4, -0.2) is 27.6 Å². The number of fused-ring (bicyclic) bond motifs is 1. The summed E-state index contributed by atoms with van der Waals surface area (Å²) in [4.78, 5) is 21.0. The lowest BCUT2D eigenvalue weighted by molar-refractivity contribution is -0.131. The predicted molar refractivity (Wildman–Crippen MR) is 134 cm³/mol. The van der Waals surface area contributed by atoms with E-state index in [4.69, 9.17) is 18.9 Å². The quantitative estimate of drug-likeness (QED) is 0.254. The van der Waals surface area contributed by atoms with Crippen LogP contribution in [0.15, 0.2) is 84.9 Å². The average molecular weight is 482 g/mol. The molecule has 5 rings (SSSR count). The van der Waals surface area contributed by atoms with Gasteiger partial charge >= 0.3 is 12.0 Å². The largest absolute Gasteiger partial charge is 0.497 e. The molecule has 0 atom stereocenters. The normalized spacial score (nSPS) is 10.8. The first kappa shape index (κ1) is 22.9. The number of rotatable bonds is 7. The summed E-state index contributed by atoms with van der Waals surface area (Å²) in [7, 11) is 1.58. The Hall–Kier alpha value is -4.85. The Labute approximate surface area is 207 Å². The van der Waals surface area contributed by atoms with Gasteiger partial charge in [-0.1, -0.05) is 36.4 Å². The molecule has 0 amide bonds. The summed E-state index contributed by atoms with van der Waals surface area (Å²) in [5.41, 5.74) is 1.43. The zero-order valence-corrected chi connectivity index (χ0v) is 20.0. The number of nitrogens with zero attached hydrogens (tertiary/aromatic N) is 3. The first-order valence-electron chi connectivity index (χ1n) is 11.2. The highest BCUT2D eigenvalue weighted by molar-refractivity contribution is 5.93. The average Bonchev–Trinajstić information content (AvgIpc) is 3.15. The molecule has 36 heavy (non-hydrogen) atoms. The molecule has 0 saturated heterocycles. The summed E-state index contributed by atoms with van der Waals surface area (Å²) >= 11 is 0. The van der Waals surface area contributed by atoms with E-state index in [0.29, 0.717) is 45.8 Å². The number of carbonyl (C=O) groups is 1. The maximum atomic E-state index is 11.9. The highest BCUT2D eigenvalue weighted by Gasteiger charge is 2.21. The fourth-order valence-corrected chi connectivity index (χ4v) is 3.87. The number of hydrogen-bond donors (Lipinski definition) is 0. The number of ether oxygens (including phenoxy) is 4. The Balaban J connectivity index is 1.68. The number of carbonyl (C=O) groups excluding carboxylic acids is 1. The van der Waals surface area contributed by atoms with Gasteiger partial charge in [-0.25, -0.2) is 0 Å². The second kappa shape index (κ2) is 9.79. The van der Waals surface area contributed by atoms with Crippen molar-refractivity contribution >= 4 is 16.9 Å². The van der Waals surface area contributed by atoms with Gasteiger partial charge in [-0.15, -0.1) is 0 Å². The molecule has 2 aromatic heterocycles. The van der Waals surface area contributed by atoms with Crippen molar-refractivity contribution in [1.82, 2.24) is 14.5 Å². The Morgan fingerprint density at radius 3 is 2.11 bits per heavy atom. The van der Waals surface area contributed by atoms with Crippen molar-refractivity contribution < 1.29 is 23.7 Å². The van der Waals surface area contributed by atoms with Crippen molar-refractivity contribution in [2.24, 2.45) is 0 Å². The van der Waals surface area contributed by atoms with E-state index in [9.17, 15) is 4.79 Å². The summed E-state index contributed by atoms with van der Waals surface area (Å²) in [6, 6.07) is 25.9. The van der Waals surface area contributed by atoms with E-state index in [-0.39, 0.29) is 6.01 Å². The molecule has 0 spiro atoms. The molecule has 8 heteroatoms. The Morgan fingerprint density at radius 2 is 1.47 bits per heavy atom. The van der Waals surface area contributed by atoms with Crippen molar-refractivity contribution in [1.29, 1.82) is 0 Å². The molecule has 0 N–H and O–H groups in total. The molecular weight excluding hydrogens is 458 g/mol. The van der Waals surface area contributed by atoms with Crippen molar-refractivity contribution in [3.05, 3.63) is 90.6 Å². The number of benzene rings is 3. The third-order valence-electron chi connectivity index (χ3n) is 5.41. The molecule has 8 nitrogen and oxygen atoms in total. The molecule has 2 heterocycles. The SMILES string of the molecule is COc1ccc2c(c1)c(OC(C)=O)c(C)n2-c1cc(Oc2ccccc2)nc(Oc2ccccc2)n1. The minimum absolute atomic E-state index is 0.105. The summed E-state index contributed by atoms with van der Waals surface area (Å²) < 4.78 is 24.8. The monoisotopic (exact) mass is 481 g/mol. The molecular formula is C28H23N3O5. The molecule has 180 valence electrons. The summed E-state index contributed by atoms with van der Waals surface area (Å²) in [6.07, 6.45) is 0. The number of esters is 1. The molecule has 0 aliphatic rings. The Bertz CT molecular complexity index is 1470. The van der Waals surface area contributed by atoms with Gasteiger partial charge in [-0.3, -0.25) is 9.36 Å². The third kappa shape index (κ3) is 4.69. The van der Waals surface area contributed by atoms with Crippen LogP contribution in [-0.2, 0) is 4.79 Å². The lowest BCUT2D eigenvalue weighted by atomic mass is 10.2. The van der Waals surface area contributed by atoms with Gasteiger partial charge in [0.15, 0.2) is 5.75 Å². The topological polar surface area (TPSA) is 84.7 Å². The lowest BCUT2D eigenvalue weighted by Gasteiger charge is -2.12. The van der Waals surface area contributed by atoms with Gasteiger partial charge in [-0.05, 0) is 49.4 Å². The van der Waals surface area contributed by atoms with E-state index < -0.39 is 5.97 Å². The number of para-hydroxylation sites is 2. The Morgan fingerprint density at radius 1 is 0.806 bits per heavy atom. The zero-order valence-electron chi connectivity index (χ0n) is 20.0. The third-order valence-corrected chi connectivity index (χ3v) is 5.41. The van der Waals surface area contributed by atoms with Gasteiger partial charge in [0.2, 0.25) is 5.88 Å². The highest BCUT2D eigenvalue weighted by atomic mass is 16.5. The van der Waals surface area contributed by atoms with Crippen LogP contribution in [0.2, 0.25) is 0 Å². The maximum Gasteiger partial charge on any atom is 0.327 e. The first-order chi connectivity index (χ1) is 17.5. The van der Waals surface area contributed by atoms with Crippen LogP contribution in [0.25, 0.3) is 16.7 Å². The molecule has 0 radical (unpaired) electrons. The smallest absolute Gasteiger partial charge is 0.327 e. The van der Waals surface area contributed by atoms with E-state index in [1.54, 1.807) is 13.2 Å². The van der Waals surface area contributed by atoms with E-state index >= 15 is 0 Å². The molecule has 0 unspecified atom stereocenters. The van der Waals surface area contributed by atoms with Gasteiger partial charge in [0.05, 0.1) is 18.3 Å². The second-order valence-corrected chi connectivity index (χ2v) is 7.90. The maximum absolute atomic E-state index is 11.9. The highest BCUT2D eigenvalue weighted by Crippen LogP contribution is 2.38. The first-order valence-corrected chi connectivity index (χ1v) is 11.2. The molecule has 5 aromatic rings. The summed E-state index contributed by atoms with van der Waals surface area (Å²) in [5, 5.41) is 0.705. The van der Waals surface area contributed by atoms with Crippen LogP contribution in [0, 0.1) is 6.92 Å². The van der Waals surface area contributed by atoms with Gasteiger partial charge in [0, 0.05) is 18.4 Å². The number of hydrogen-bond acceptors (Lipinski definition) is 7. The lowest BCUT2D eigenvalue weighted by Crippen LogP contribution is -2.06. The summed E-state index contributed by atoms with van der Waals surface area (Å²) in [5.74, 6) is 2.60. The van der Waals surface area contributed by atoms with E-state index in [2.05, 4.69) is 9.97 Å². The number of methoxy groups -OCH3 is 1. The van der Waals surface area contributed by atoms with Crippen LogP contribution >= 0.6 is 0 Å². The van der Waals surface area contributed by atoms with Crippen molar-refractivity contribution in [3.8, 4) is 40.7 Å². The summed E-state index contributed by atoms with van der Waals surface area (Å²) in [6.45, 7) is 3.22. The molecule has 3 aromatic carbocycles. The molecule has 0 saturated carbocycles. The fourth-order valence-electron chi connectivity index (χ4n) is 3.87. The fraction of sp³-hybridized carbons (Fsp3) is 0.107. The molecule has 0 bridgehead atoms. The molecule has 0 aliphatic heterocycles. The van der Waals surface area contributed by atoms with Crippen molar-refractivity contribution in [2.75, 3.05) is 7.11 Å². The van der Waals surface area contributed by atoms with E-state index in [1.807, 2.05) is 90.4 Å². The van der Waals surface area contributed by atoms with Gasteiger partial charge in [0.1, 0.15) is 23.1 Å². The van der Waals surface area contributed by atoms with E-state index in [1.165, 1.54) is 6.92 Å². The van der Waals surface area contributed by atoms with Gasteiger partial charge in [-0.2, -0.15) is 9.97 Å². The zero-order chi connectivity index (χ0) is 25.1. The van der Waals surface area contributed by atoms with Crippen LogP contribution in [0.1, 0.15) is 12.6 Å². The minimum Gasteiger partial charge on any atom is -0.497 e. The predicted octanol–water partition coefficient (Wildman–Crippen LogP) is 6.25. The second-order valence-electron chi connectivity index (χ2n) is 7.90. The Kier molecular flexibility index (Phi) is 6.23. The standard InChI is InChI=1S/C28H23N3O5/c1-18-27(34-19(2)32)23-16-22(33-3)14-15-24(23)31(18)25-17-26(35-20-10-6-4-7-11-20)30-28(29-25)36-21-12-8-5-9-13-21/h4-17H,1-3H3. The van der Waals surface area contributed by atoms with E-state index in [0.717, 1.165) is 5.52 Å². The minimum atomic E-state index is -0.427. The molecule has 0 aliphatic carbocycles. The van der Waals surface area contributed by atoms with Gasteiger partial charge < -0.3 is 18.9 Å². The van der Waals surface area contributed by atoms with Crippen LogP contribution in [0.3, 0.4) is 0 Å². The molecule has 0 fully saturated rings. The van der Waals surface area contributed by atoms with Gasteiger partial charge in [0.25, 0.3) is 0 Å². The van der Waals surface area contributed by atoms with Crippen LogP contribution in [0.4, 0.5) is 0 Å². The van der Waals surface area contributed by atoms with Crippen molar-refractivity contribution in [2.45, 2.75) is 13.8 Å². The van der Waals surface area contributed by atoms with Crippen LogP contribution in [0.5, 0.6) is 34.9 Å².